The molecule has 1 aromatic heterocycles. The minimum absolute atomic E-state index is 0.00481. The van der Waals surface area contributed by atoms with Crippen LogP contribution in [0.1, 0.15) is 18.4 Å². The van der Waals surface area contributed by atoms with Crippen molar-refractivity contribution in [2.45, 2.75) is 12.8 Å². The van der Waals surface area contributed by atoms with E-state index in [1.54, 1.807) is 6.07 Å². The molecule has 1 fully saturated rings. The highest BCUT2D eigenvalue weighted by atomic mass is 19.1. The molecule has 21 heavy (non-hydrogen) atoms. The molecule has 2 heterocycles. The fourth-order valence-corrected chi connectivity index (χ4v) is 2.41. The van der Waals surface area contributed by atoms with Crippen molar-refractivity contribution in [3.8, 4) is 6.07 Å². The molecule has 0 aliphatic carbocycles. The molecule has 2 rings (SSSR count). The second-order valence-corrected chi connectivity index (χ2v) is 4.94. The van der Waals surface area contributed by atoms with E-state index in [0.717, 1.165) is 6.07 Å². The second-order valence-electron chi connectivity index (χ2n) is 4.94. The third-order valence-electron chi connectivity index (χ3n) is 3.61. The Hall–Kier alpha value is -2.20. The standard InChI is InChI=1S/C14H16FN3O3/c15-12-5-9(6-16)7-17-13(12)18-8-11(14(19)20)10-1-3-21-4-2-10/h5,7,10-11H,1-4,8H2,(H,17,18)(H,19,20). The van der Waals surface area contributed by atoms with Crippen LogP contribution in [0.5, 0.6) is 0 Å². The molecule has 0 radical (unpaired) electrons. The second kappa shape index (κ2) is 6.99. The highest BCUT2D eigenvalue weighted by Gasteiger charge is 2.29. The van der Waals surface area contributed by atoms with Crippen molar-refractivity contribution < 1.29 is 19.0 Å². The molecule has 1 aliphatic heterocycles. The molecule has 0 aromatic carbocycles. The summed E-state index contributed by atoms with van der Waals surface area (Å²) in [6, 6.07) is 2.86. The number of rotatable bonds is 5. The zero-order chi connectivity index (χ0) is 15.2. The van der Waals surface area contributed by atoms with Crippen LogP contribution in [0, 0.1) is 29.0 Å². The predicted molar refractivity (Wildman–Crippen MR) is 72.1 cm³/mol. The number of carboxylic acids is 1. The van der Waals surface area contributed by atoms with Crippen molar-refractivity contribution >= 4 is 11.8 Å². The first-order valence-corrected chi connectivity index (χ1v) is 6.72. The molecule has 0 amide bonds. The van der Waals surface area contributed by atoms with Crippen LogP contribution in [0.3, 0.4) is 0 Å². The number of ether oxygens (including phenoxy) is 1. The number of aromatic nitrogens is 1. The number of hydrogen-bond acceptors (Lipinski definition) is 5. The van der Waals surface area contributed by atoms with Gasteiger partial charge < -0.3 is 15.2 Å². The SMILES string of the molecule is N#Cc1cnc(NCC(C(=O)O)C2CCOCC2)c(F)c1. The Kier molecular flexibility index (Phi) is 5.06. The minimum Gasteiger partial charge on any atom is -0.481 e. The lowest BCUT2D eigenvalue weighted by Gasteiger charge is -2.27. The summed E-state index contributed by atoms with van der Waals surface area (Å²) < 4.78 is 18.9. The van der Waals surface area contributed by atoms with Crippen LogP contribution >= 0.6 is 0 Å². The molecule has 2 N–H and O–H groups in total. The third-order valence-corrected chi connectivity index (χ3v) is 3.61. The topological polar surface area (TPSA) is 95.2 Å². The molecule has 0 spiro atoms. The Bertz CT molecular complexity index is 553. The van der Waals surface area contributed by atoms with Gasteiger partial charge in [0.1, 0.15) is 6.07 Å². The molecular weight excluding hydrogens is 277 g/mol. The first-order valence-electron chi connectivity index (χ1n) is 6.72. The number of nitrogens with zero attached hydrogens (tertiary/aromatic N) is 2. The van der Waals surface area contributed by atoms with E-state index in [2.05, 4.69) is 10.3 Å². The average Bonchev–Trinajstić information content (AvgIpc) is 2.49. The van der Waals surface area contributed by atoms with Crippen LogP contribution in [0.2, 0.25) is 0 Å². The molecule has 1 atom stereocenters. The number of pyridine rings is 1. The zero-order valence-corrected chi connectivity index (χ0v) is 11.4. The van der Waals surface area contributed by atoms with Gasteiger partial charge >= 0.3 is 5.97 Å². The quantitative estimate of drug-likeness (QED) is 0.856. The van der Waals surface area contributed by atoms with Gasteiger partial charge in [0.05, 0.1) is 11.5 Å². The van der Waals surface area contributed by atoms with E-state index in [9.17, 15) is 14.3 Å². The maximum absolute atomic E-state index is 13.7. The Morgan fingerprint density at radius 3 is 2.90 bits per heavy atom. The molecular formula is C14H16FN3O3. The van der Waals surface area contributed by atoms with Crippen LogP contribution < -0.4 is 5.32 Å². The van der Waals surface area contributed by atoms with Gasteiger partial charge in [-0.2, -0.15) is 5.26 Å². The molecule has 1 unspecified atom stereocenters. The normalized spacial score (nSPS) is 17.0. The number of halogens is 1. The number of nitrogens with one attached hydrogen (secondary N) is 1. The number of carbonyl (C=O) groups is 1. The average molecular weight is 293 g/mol. The fourth-order valence-electron chi connectivity index (χ4n) is 2.41. The molecule has 1 aromatic rings. The molecule has 112 valence electrons. The van der Waals surface area contributed by atoms with Crippen LogP contribution in [0.15, 0.2) is 12.3 Å². The van der Waals surface area contributed by atoms with Gasteiger partial charge in [0, 0.05) is 26.0 Å². The summed E-state index contributed by atoms with van der Waals surface area (Å²) in [6.07, 6.45) is 2.61. The van der Waals surface area contributed by atoms with Gasteiger partial charge in [0.25, 0.3) is 0 Å². The third kappa shape index (κ3) is 3.89. The van der Waals surface area contributed by atoms with Crippen LogP contribution in [0.4, 0.5) is 10.2 Å². The number of hydrogen-bond donors (Lipinski definition) is 2. The Morgan fingerprint density at radius 1 is 1.62 bits per heavy atom. The van der Waals surface area contributed by atoms with Crippen LogP contribution in [-0.2, 0) is 9.53 Å². The highest BCUT2D eigenvalue weighted by molar-refractivity contribution is 5.71. The lowest BCUT2D eigenvalue weighted by atomic mass is 9.86. The van der Waals surface area contributed by atoms with E-state index in [-0.39, 0.29) is 23.8 Å². The van der Waals surface area contributed by atoms with E-state index in [0.29, 0.717) is 26.1 Å². The maximum Gasteiger partial charge on any atom is 0.308 e. The molecule has 1 aliphatic rings. The molecule has 6 nitrogen and oxygen atoms in total. The van der Waals surface area contributed by atoms with Crippen molar-refractivity contribution in [3.63, 3.8) is 0 Å². The molecule has 0 bridgehead atoms. The van der Waals surface area contributed by atoms with Crippen molar-refractivity contribution in [1.29, 1.82) is 5.26 Å². The molecule has 1 saturated heterocycles. The monoisotopic (exact) mass is 293 g/mol. The van der Waals surface area contributed by atoms with Crippen molar-refractivity contribution in [1.82, 2.24) is 4.98 Å². The number of carboxylic acid groups (broad SMARTS) is 1. The Labute approximate surface area is 121 Å². The van der Waals surface area contributed by atoms with E-state index in [4.69, 9.17) is 10.00 Å². The van der Waals surface area contributed by atoms with Crippen LogP contribution in [-0.4, -0.2) is 35.8 Å². The van der Waals surface area contributed by atoms with Crippen molar-refractivity contribution in [3.05, 3.63) is 23.6 Å². The minimum atomic E-state index is -0.913. The molecule has 0 saturated carbocycles. The van der Waals surface area contributed by atoms with Gasteiger partial charge in [-0.15, -0.1) is 0 Å². The smallest absolute Gasteiger partial charge is 0.308 e. The lowest BCUT2D eigenvalue weighted by Crippen LogP contribution is -2.34. The van der Waals surface area contributed by atoms with Gasteiger partial charge in [-0.05, 0) is 24.8 Å². The van der Waals surface area contributed by atoms with Gasteiger partial charge in [-0.3, -0.25) is 4.79 Å². The molecule has 7 heteroatoms. The fraction of sp³-hybridized carbons (Fsp3) is 0.500. The van der Waals surface area contributed by atoms with Crippen molar-refractivity contribution in [2.24, 2.45) is 11.8 Å². The van der Waals surface area contributed by atoms with E-state index >= 15 is 0 Å². The highest BCUT2D eigenvalue weighted by Crippen LogP contribution is 2.25. The summed E-state index contributed by atoms with van der Waals surface area (Å²) in [7, 11) is 0. The Balaban J connectivity index is 2.01. The van der Waals surface area contributed by atoms with Crippen molar-refractivity contribution in [2.75, 3.05) is 25.1 Å². The van der Waals surface area contributed by atoms with Gasteiger partial charge in [0.15, 0.2) is 11.6 Å². The van der Waals surface area contributed by atoms with Gasteiger partial charge in [-0.1, -0.05) is 0 Å². The first-order chi connectivity index (χ1) is 10.1. The first kappa shape index (κ1) is 15.2. The van der Waals surface area contributed by atoms with Gasteiger partial charge in [0.2, 0.25) is 0 Å². The maximum atomic E-state index is 13.7. The summed E-state index contributed by atoms with van der Waals surface area (Å²) in [5.41, 5.74) is 0.122. The van der Waals surface area contributed by atoms with Crippen LogP contribution in [0.25, 0.3) is 0 Å². The number of aliphatic carboxylic acids is 1. The van der Waals surface area contributed by atoms with E-state index in [1.807, 2.05) is 0 Å². The van der Waals surface area contributed by atoms with Gasteiger partial charge in [-0.25, -0.2) is 9.37 Å². The summed E-state index contributed by atoms with van der Waals surface area (Å²) >= 11 is 0. The predicted octanol–water partition coefficient (Wildman–Crippen LogP) is 1.63. The van der Waals surface area contributed by atoms with E-state index < -0.39 is 17.7 Å². The summed E-state index contributed by atoms with van der Waals surface area (Å²) in [5.74, 6) is -2.23. The Morgan fingerprint density at radius 2 is 2.33 bits per heavy atom. The number of anilines is 1. The van der Waals surface area contributed by atoms with E-state index in [1.165, 1.54) is 6.20 Å². The zero-order valence-electron chi connectivity index (χ0n) is 11.4. The summed E-state index contributed by atoms with van der Waals surface area (Å²) in [4.78, 5) is 15.2. The lowest BCUT2D eigenvalue weighted by molar-refractivity contribution is -0.144. The summed E-state index contributed by atoms with van der Waals surface area (Å²) in [6.45, 7) is 1.20. The largest absolute Gasteiger partial charge is 0.481 e. The number of nitriles is 1. The summed E-state index contributed by atoms with van der Waals surface area (Å²) in [5, 5.41) is 20.7.